The number of carbonyl (C=O) groups excluding carboxylic acids is 1. The van der Waals surface area contributed by atoms with Crippen LogP contribution in [0.25, 0.3) is 11.0 Å². The molecule has 0 spiro atoms. The van der Waals surface area contributed by atoms with E-state index in [1.54, 1.807) is 18.5 Å². The van der Waals surface area contributed by atoms with Crippen LogP contribution in [0.4, 0.5) is 0 Å². The predicted molar refractivity (Wildman–Crippen MR) is 86.6 cm³/mol. The zero-order valence-corrected chi connectivity index (χ0v) is 12.5. The molecule has 4 rings (SSSR count). The van der Waals surface area contributed by atoms with Crippen molar-refractivity contribution in [2.24, 2.45) is 5.73 Å². The number of fused-ring (bicyclic) bond motifs is 1. The third-order valence-corrected chi connectivity index (χ3v) is 4.36. The topological polar surface area (TPSA) is 96.7 Å². The number of hydrogen-bond donors (Lipinski definition) is 3. The SMILES string of the molecule is NC(=O)c1cccc2[nH]c(C3(NCc4ccncc4)CC3)nc12. The van der Waals surface area contributed by atoms with Crippen molar-refractivity contribution in [1.29, 1.82) is 0 Å². The average molecular weight is 307 g/mol. The summed E-state index contributed by atoms with van der Waals surface area (Å²) in [6.45, 7) is 0.752. The quantitative estimate of drug-likeness (QED) is 0.670. The molecule has 2 heterocycles. The maximum Gasteiger partial charge on any atom is 0.250 e. The second-order valence-electron chi connectivity index (χ2n) is 5.94. The second kappa shape index (κ2) is 5.17. The highest BCUT2D eigenvalue weighted by molar-refractivity contribution is 6.04. The number of nitrogens with zero attached hydrogens (tertiary/aromatic N) is 2. The van der Waals surface area contributed by atoms with Crippen molar-refractivity contribution in [1.82, 2.24) is 20.3 Å². The highest BCUT2D eigenvalue weighted by Crippen LogP contribution is 2.45. The highest BCUT2D eigenvalue weighted by atomic mass is 16.1. The number of nitrogens with one attached hydrogen (secondary N) is 2. The fourth-order valence-corrected chi connectivity index (χ4v) is 2.85. The zero-order chi connectivity index (χ0) is 15.9. The normalized spacial score (nSPS) is 15.7. The molecule has 116 valence electrons. The Balaban J connectivity index is 1.63. The number of imidazole rings is 1. The van der Waals surface area contributed by atoms with Gasteiger partial charge < -0.3 is 16.0 Å². The van der Waals surface area contributed by atoms with Gasteiger partial charge in [-0.2, -0.15) is 0 Å². The van der Waals surface area contributed by atoms with Crippen LogP contribution >= 0.6 is 0 Å². The summed E-state index contributed by atoms with van der Waals surface area (Å²) in [4.78, 5) is 23.6. The van der Waals surface area contributed by atoms with Crippen LogP contribution in [0.2, 0.25) is 0 Å². The van der Waals surface area contributed by atoms with Gasteiger partial charge in [-0.05, 0) is 42.7 Å². The van der Waals surface area contributed by atoms with E-state index in [-0.39, 0.29) is 5.54 Å². The number of nitrogens with two attached hydrogens (primary N) is 1. The van der Waals surface area contributed by atoms with Crippen molar-refractivity contribution in [2.75, 3.05) is 0 Å². The van der Waals surface area contributed by atoms with Gasteiger partial charge in [-0.15, -0.1) is 0 Å². The van der Waals surface area contributed by atoms with Gasteiger partial charge in [-0.3, -0.25) is 9.78 Å². The van der Waals surface area contributed by atoms with Gasteiger partial charge in [-0.25, -0.2) is 4.98 Å². The summed E-state index contributed by atoms with van der Waals surface area (Å²) >= 11 is 0. The number of aromatic amines is 1. The highest BCUT2D eigenvalue weighted by Gasteiger charge is 2.46. The lowest BCUT2D eigenvalue weighted by molar-refractivity contribution is 0.100. The molecule has 0 unspecified atom stereocenters. The first-order chi connectivity index (χ1) is 11.2. The zero-order valence-electron chi connectivity index (χ0n) is 12.5. The lowest BCUT2D eigenvalue weighted by Crippen LogP contribution is -2.29. The largest absolute Gasteiger partial charge is 0.366 e. The Bertz CT molecular complexity index is 867. The number of aromatic nitrogens is 3. The molecular formula is C17H17N5O. The molecule has 0 aliphatic heterocycles. The summed E-state index contributed by atoms with van der Waals surface area (Å²) < 4.78 is 0. The third-order valence-electron chi connectivity index (χ3n) is 4.36. The first kappa shape index (κ1) is 13.9. The van der Waals surface area contributed by atoms with E-state index < -0.39 is 5.91 Å². The van der Waals surface area contributed by atoms with Crippen LogP contribution in [0.3, 0.4) is 0 Å². The summed E-state index contributed by atoms with van der Waals surface area (Å²) in [5, 5.41) is 3.57. The van der Waals surface area contributed by atoms with E-state index in [2.05, 4.69) is 20.3 Å². The molecule has 2 aromatic heterocycles. The van der Waals surface area contributed by atoms with E-state index in [0.717, 1.165) is 30.7 Å². The number of rotatable bonds is 5. The van der Waals surface area contributed by atoms with Crippen LogP contribution in [0.15, 0.2) is 42.7 Å². The second-order valence-corrected chi connectivity index (χ2v) is 5.94. The Morgan fingerprint density at radius 2 is 2.04 bits per heavy atom. The number of amides is 1. The molecule has 1 fully saturated rings. The first-order valence-corrected chi connectivity index (χ1v) is 7.61. The van der Waals surface area contributed by atoms with E-state index in [1.807, 2.05) is 24.3 Å². The van der Waals surface area contributed by atoms with Gasteiger partial charge in [0, 0.05) is 18.9 Å². The fourth-order valence-electron chi connectivity index (χ4n) is 2.85. The van der Waals surface area contributed by atoms with E-state index in [1.165, 1.54) is 5.56 Å². The maximum atomic E-state index is 11.5. The van der Waals surface area contributed by atoms with E-state index in [4.69, 9.17) is 5.73 Å². The standard InChI is InChI=1S/C17H17N5O/c18-15(23)12-2-1-3-13-14(12)22-16(21-13)17(6-7-17)20-10-11-4-8-19-9-5-11/h1-5,8-9,20H,6-7,10H2,(H2,18,23)(H,21,22). The van der Waals surface area contributed by atoms with E-state index in [0.29, 0.717) is 11.1 Å². The molecule has 4 N–H and O–H groups in total. The number of benzene rings is 1. The number of para-hydroxylation sites is 1. The van der Waals surface area contributed by atoms with Crippen LogP contribution in [0.5, 0.6) is 0 Å². The van der Waals surface area contributed by atoms with Crippen LogP contribution in [-0.2, 0) is 12.1 Å². The van der Waals surface area contributed by atoms with Crippen molar-refractivity contribution >= 4 is 16.9 Å². The fraction of sp³-hybridized carbons (Fsp3) is 0.235. The molecule has 0 atom stereocenters. The Labute approximate surface area is 133 Å². The van der Waals surface area contributed by atoms with Crippen molar-refractivity contribution in [3.63, 3.8) is 0 Å². The Kier molecular flexibility index (Phi) is 3.12. The van der Waals surface area contributed by atoms with Crippen molar-refractivity contribution in [3.8, 4) is 0 Å². The van der Waals surface area contributed by atoms with Crippen molar-refractivity contribution < 1.29 is 4.79 Å². The molecule has 1 aliphatic rings. The number of hydrogen-bond acceptors (Lipinski definition) is 4. The molecule has 0 saturated heterocycles. The monoisotopic (exact) mass is 307 g/mol. The molecule has 23 heavy (non-hydrogen) atoms. The molecule has 6 heteroatoms. The molecule has 0 radical (unpaired) electrons. The van der Waals surface area contributed by atoms with E-state index >= 15 is 0 Å². The van der Waals surface area contributed by atoms with Crippen molar-refractivity contribution in [2.45, 2.75) is 24.9 Å². The smallest absolute Gasteiger partial charge is 0.250 e. The minimum absolute atomic E-state index is 0.142. The minimum atomic E-state index is -0.455. The molecule has 3 aromatic rings. The summed E-state index contributed by atoms with van der Waals surface area (Å²) in [6, 6.07) is 9.42. The van der Waals surface area contributed by atoms with Crippen molar-refractivity contribution in [3.05, 3.63) is 59.7 Å². The molecule has 0 bridgehead atoms. The Hall–Kier alpha value is -2.73. The molecule has 1 aromatic carbocycles. The van der Waals surface area contributed by atoms with Crippen LogP contribution < -0.4 is 11.1 Å². The van der Waals surface area contributed by atoms with Gasteiger partial charge in [0.25, 0.3) is 5.91 Å². The molecular weight excluding hydrogens is 290 g/mol. The average Bonchev–Trinajstić information content (AvgIpc) is 3.23. The van der Waals surface area contributed by atoms with Crippen LogP contribution in [0, 0.1) is 0 Å². The predicted octanol–water partition coefficient (Wildman–Crippen LogP) is 1.84. The molecule has 1 saturated carbocycles. The summed E-state index contributed by atoms with van der Waals surface area (Å²) in [6.07, 6.45) is 5.61. The maximum absolute atomic E-state index is 11.5. The molecule has 1 amide bonds. The Morgan fingerprint density at radius 1 is 1.26 bits per heavy atom. The van der Waals surface area contributed by atoms with Crippen LogP contribution in [0.1, 0.15) is 34.6 Å². The van der Waals surface area contributed by atoms with Crippen LogP contribution in [-0.4, -0.2) is 20.9 Å². The van der Waals surface area contributed by atoms with Gasteiger partial charge >= 0.3 is 0 Å². The lowest BCUT2D eigenvalue weighted by Gasteiger charge is -2.14. The van der Waals surface area contributed by atoms with E-state index in [9.17, 15) is 4.79 Å². The number of primary amides is 1. The molecule has 1 aliphatic carbocycles. The third kappa shape index (κ3) is 2.47. The van der Waals surface area contributed by atoms with Gasteiger partial charge in [0.15, 0.2) is 0 Å². The summed E-state index contributed by atoms with van der Waals surface area (Å²) in [5.41, 5.74) is 8.41. The summed E-state index contributed by atoms with van der Waals surface area (Å²) in [5.74, 6) is 0.415. The van der Waals surface area contributed by atoms with Gasteiger partial charge in [0.1, 0.15) is 11.3 Å². The summed E-state index contributed by atoms with van der Waals surface area (Å²) in [7, 11) is 0. The minimum Gasteiger partial charge on any atom is -0.366 e. The number of H-pyrrole nitrogens is 1. The number of pyridine rings is 1. The lowest BCUT2D eigenvalue weighted by atomic mass is 10.2. The van der Waals surface area contributed by atoms with Gasteiger partial charge in [0.05, 0.1) is 16.6 Å². The van der Waals surface area contributed by atoms with Gasteiger partial charge in [-0.1, -0.05) is 6.07 Å². The Morgan fingerprint density at radius 3 is 2.74 bits per heavy atom. The number of carbonyl (C=O) groups is 1. The van der Waals surface area contributed by atoms with Gasteiger partial charge in [0.2, 0.25) is 0 Å². The molecule has 6 nitrogen and oxygen atoms in total. The first-order valence-electron chi connectivity index (χ1n) is 7.61.